The van der Waals surface area contributed by atoms with Crippen LogP contribution in [0.3, 0.4) is 0 Å². The van der Waals surface area contributed by atoms with Gasteiger partial charge in [0.1, 0.15) is 5.82 Å². The van der Waals surface area contributed by atoms with Crippen molar-refractivity contribution >= 4 is 62.0 Å². The van der Waals surface area contributed by atoms with E-state index in [1.807, 2.05) is 12.3 Å². The normalized spacial score (nSPS) is 12.4. The molecule has 1 aliphatic rings. The van der Waals surface area contributed by atoms with E-state index in [-0.39, 0.29) is 6.71 Å². The van der Waals surface area contributed by atoms with Crippen molar-refractivity contribution in [3.8, 4) is 16.9 Å². The Kier molecular flexibility index (Phi) is 5.92. The van der Waals surface area contributed by atoms with E-state index in [9.17, 15) is 0 Å². The summed E-state index contributed by atoms with van der Waals surface area (Å²) in [6.07, 6.45) is 1.87. The Balaban J connectivity index is 1.33. The van der Waals surface area contributed by atoms with Gasteiger partial charge in [0.25, 0.3) is 0 Å². The number of pyridine rings is 1. The molecule has 0 N–H and O–H groups in total. The van der Waals surface area contributed by atoms with Gasteiger partial charge in [-0.25, -0.2) is 4.98 Å². The molecule has 0 amide bonds. The molecule has 6 aromatic carbocycles. The highest BCUT2D eigenvalue weighted by molar-refractivity contribution is 6.98. The number of hydrogen-bond donors (Lipinski definition) is 0. The number of aromatic nitrogens is 2. The third-order valence-corrected chi connectivity index (χ3v) is 9.10. The summed E-state index contributed by atoms with van der Waals surface area (Å²) >= 11 is 0. The Morgan fingerprint density at radius 1 is 0.467 bits per heavy atom. The van der Waals surface area contributed by atoms with Gasteiger partial charge in [-0.05, 0) is 70.6 Å². The fourth-order valence-electron chi connectivity index (χ4n) is 7.15. The Labute approximate surface area is 262 Å². The molecule has 0 saturated heterocycles. The molecule has 4 heteroatoms. The van der Waals surface area contributed by atoms with Crippen LogP contribution in [0.1, 0.15) is 0 Å². The first kappa shape index (κ1) is 25.6. The zero-order valence-corrected chi connectivity index (χ0v) is 24.6. The Hall–Kier alpha value is -5.87. The number of nitrogens with zero attached hydrogens (tertiary/aromatic N) is 3. The predicted molar refractivity (Wildman–Crippen MR) is 190 cm³/mol. The van der Waals surface area contributed by atoms with Crippen molar-refractivity contribution in [2.75, 3.05) is 4.90 Å². The van der Waals surface area contributed by atoms with Crippen LogP contribution in [0.5, 0.6) is 0 Å². The Bertz CT molecular complexity index is 2330. The molecule has 2 aromatic heterocycles. The molecule has 0 aliphatic carbocycles. The van der Waals surface area contributed by atoms with Gasteiger partial charge < -0.3 is 4.90 Å². The number of anilines is 3. The predicted octanol–water partition coefficient (Wildman–Crippen LogP) is 8.15. The molecule has 0 saturated carbocycles. The molecule has 9 rings (SSSR count). The van der Waals surface area contributed by atoms with Crippen molar-refractivity contribution in [1.82, 2.24) is 9.55 Å². The molecule has 1 aliphatic heterocycles. The van der Waals surface area contributed by atoms with Gasteiger partial charge in [-0.1, -0.05) is 121 Å². The van der Waals surface area contributed by atoms with Gasteiger partial charge in [0.15, 0.2) is 0 Å². The first-order valence-corrected chi connectivity index (χ1v) is 15.4. The van der Waals surface area contributed by atoms with Gasteiger partial charge in [0.2, 0.25) is 6.71 Å². The lowest BCUT2D eigenvalue weighted by Crippen LogP contribution is -2.57. The number of rotatable bonds is 4. The summed E-state index contributed by atoms with van der Waals surface area (Å²) in [6.45, 7) is 0.0411. The van der Waals surface area contributed by atoms with Crippen molar-refractivity contribution in [2.24, 2.45) is 0 Å². The van der Waals surface area contributed by atoms with Crippen LogP contribution in [0, 0.1) is 0 Å². The van der Waals surface area contributed by atoms with Crippen molar-refractivity contribution in [1.29, 1.82) is 0 Å². The lowest BCUT2D eigenvalue weighted by atomic mass is 9.35. The van der Waals surface area contributed by atoms with Gasteiger partial charge in [0.05, 0.1) is 11.0 Å². The smallest absolute Gasteiger partial charge is 0.246 e. The second-order valence-corrected chi connectivity index (χ2v) is 11.6. The van der Waals surface area contributed by atoms with E-state index >= 15 is 0 Å². The van der Waals surface area contributed by atoms with E-state index in [1.165, 1.54) is 49.7 Å². The lowest BCUT2D eigenvalue weighted by Gasteiger charge is -2.37. The van der Waals surface area contributed by atoms with Gasteiger partial charge in [-0.2, -0.15) is 0 Å². The van der Waals surface area contributed by atoms with E-state index < -0.39 is 0 Å². The first-order valence-electron chi connectivity index (χ1n) is 15.4. The highest BCUT2D eigenvalue weighted by Crippen LogP contribution is 2.37. The first-order chi connectivity index (χ1) is 22.3. The van der Waals surface area contributed by atoms with Crippen molar-refractivity contribution < 1.29 is 0 Å². The minimum atomic E-state index is 0.0411. The standard InChI is InChI=1S/C41H28BN3/c1-3-13-29(14-4-1)30-22-25-39-36(27-30)42(35-18-8-10-20-38(35)44(39)32-15-5-2-6-16-32)31-23-24-34-33-17-7-9-19-37(33)45(40(34)28-31)41-21-11-12-26-43-41/h1-28H. The minimum Gasteiger partial charge on any atom is -0.312 e. The molecule has 0 bridgehead atoms. The quantitative estimate of drug-likeness (QED) is 0.198. The van der Waals surface area contributed by atoms with Gasteiger partial charge in [-0.15, -0.1) is 0 Å². The molecule has 0 atom stereocenters. The van der Waals surface area contributed by atoms with Crippen LogP contribution < -0.4 is 21.3 Å². The highest BCUT2D eigenvalue weighted by Gasteiger charge is 2.35. The van der Waals surface area contributed by atoms with Crippen LogP contribution >= 0.6 is 0 Å². The van der Waals surface area contributed by atoms with Crippen molar-refractivity contribution in [2.45, 2.75) is 0 Å². The van der Waals surface area contributed by atoms with Crippen molar-refractivity contribution in [3.63, 3.8) is 0 Å². The van der Waals surface area contributed by atoms with Crippen LogP contribution in [0.2, 0.25) is 0 Å². The minimum absolute atomic E-state index is 0.0411. The molecular formula is C41H28BN3. The largest absolute Gasteiger partial charge is 0.312 e. The summed E-state index contributed by atoms with van der Waals surface area (Å²) in [5.74, 6) is 0.923. The summed E-state index contributed by atoms with van der Waals surface area (Å²) in [5.41, 5.74) is 12.2. The molecule has 0 fully saturated rings. The maximum Gasteiger partial charge on any atom is 0.246 e. The molecule has 0 unspecified atom stereocenters. The Morgan fingerprint density at radius 2 is 1.18 bits per heavy atom. The van der Waals surface area contributed by atoms with Gasteiger partial charge in [-0.3, -0.25) is 4.57 Å². The topological polar surface area (TPSA) is 21.1 Å². The van der Waals surface area contributed by atoms with E-state index in [1.54, 1.807) is 0 Å². The van der Waals surface area contributed by atoms with Crippen LogP contribution in [0.25, 0.3) is 38.8 Å². The van der Waals surface area contributed by atoms with Crippen LogP contribution in [-0.4, -0.2) is 16.3 Å². The van der Waals surface area contributed by atoms with E-state index in [0.29, 0.717) is 0 Å². The van der Waals surface area contributed by atoms with Crippen LogP contribution in [0.15, 0.2) is 170 Å². The maximum atomic E-state index is 4.78. The SMILES string of the molecule is c1ccc(-c2ccc3c(c2)B(c2ccc4c5ccccc5n(-c5ccccn5)c4c2)c2ccccc2N3c2ccccc2)cc1. The van der Waals surface area contributed by atoms with Gasteiger partial charge >= 0.3 is 0 Å². The number of fused-ring (bicyclic) bond motifs is 5. The molecule has 0 spiro atoms. The number of hydrogen-bond acceptors (Lipinski definition) is 2. The summed E-state index contributed by atoms with van der Waals surface area (Å²) in [6, 6.07) is 59.0. The van der Waals surface area contributed by atoms with E-state index in [0.717, 1.165) is 22.5 Å². The molecular weight excluding hydrogens is 545 g/mol. The van der Waals surface area contributed by atoms with Crippen LogP contribution in [-0.2, 0) is 0 Å². The van der Waals surface area contributed by atoms with E-state index in [4.69, 9.17) is 4.98 Å². The molecule has 8 aromatic rings. The fraction of sp³-hybridized carbons (Fsp3) is 0. The molecule has 3 heterocycles. The van der Waals surface area contributed by atoms with E-state index in [2.05, 4.69) is 167 Å². The van der Waals surface area contributed by atoms with Crippen molar-refractivity contribution in [3.05, 3.63) is 170 Å². The highest BCUT2D eigenvalue weighted by atomic mass is 15.1. The number of para-hydroxylation sites is 3. The maximum absolute atomic E-state index is 4.78. The Morgan fingerprint density at radius 3 is 2.02 bits per heavy atom. The van der Waals surface area contributed by atoms with Crippen LogP contribution in [0.4, 0.5) is 17.1 Å². The fourth-order valence-corrected chi connectivity index (χ4v) is 7.15. The summed E-state index contributed by atoms with van der Waals surface area (Å²) in [5, 5.41) is 2.46. The molecule has 45 heavy (non-hydrogen) atoms. The average Bonchev–Trinajstić information content (AvgIpc) is 3.45. The molecule has 3 nitrogen and oxygen atoms in total. The molecule has 210 valence electrons. The third kappa shape index (κ3) is 4.11. The summed E-state index contributed by atoms with van der Waals surface area (Å²) < 4.78 is 2.31. The average molecular weight is 574 g/mol. The van der Waals surface area contributed by atoms with Gasteiger partial charge in [0, 0.05) is 34.0 Å². The monoisotopic (exact) mass is 573 g/mol. The number of benzene rings is 6. The zero-order chi connectivity index (χ0) is 29.7. The second-order valence-electron chi connectivity index (χ2n) is 11.6. The summed E-state index contributed by atoms with van der Waals surface area (Å²) in [4.78, 5) is 7.20. The zero-order valence-electron chi connectivity index (χ0n) is 24.6. The second kappa shape index (κ2) is 10.4. The third-order valence-electron chi connectivity index (χ3n) is 9.10. The lowest BCUT2D eigenvalue weighted by molar-refractivity contribution is 1.08. The molecule has 0 radical (unpaired) electrons. The summed E-state index contributed by atoms with van der Waals surface area (Å²) in [7, 11) is 0.